The molecule has 2 heterocycles. The number of aliphatic hydroxyl groups excluding tert-OH is 1. The topological polar surface area (TPSA) is 70.6 Å². The highest BCUT2D eigenvalue weighted by Gasteiger charge is 2.25. The molecule has 0 fully saturated rings. The Labute approximate surface area is 132 Å². The van der Waals surface area contributed by atoms with Gasteiger partial charge < -0.3 is 20.5 Å². The Kier molecular flexibility index (Phi) is 4.31. The first-order valence-corrected chi connectivity index (χ1v) is 8.05. The summed E-state index contributed by atoms with van der Waals surface area (Å²) in [4.78, 5) is 12.0. The van der Waals surface area contributed by atoms with Crippen molar-refractivity contribution in [2.24, 2.45) is 0 Å². The van der Waals surface area contributed by atoms with Gasteiger partial charge in [-0.3, -0.25) is 0 Å². The van der Waals surface area contributed by atoms with Crippen LogP contribution in [0, 0.1) is 6.92 Å². The summed E-state index contributed by atoms with van der Waals surface area (Å²) >= 11 is 1.52. The minimum Gasteiger partial charge on any atom is -0.491 e. The third-order valence-corrected chi connectivity index (χ3v) is 4.34. The number of benzene rings is 1. The number of aliphatic hydroxyl groups is 1. The molecule has 2 atom stereocenters. The van der Waals surface area contributed by atoms with Gasteiger partial charge in [-0.2, -0.15) is 11.3 Å². The third-order valence-electron chi connectivity index (χ3n) is 3.64. The van der Waals surface area contributed by atoms with Crippen molar-refractivity contribution in [3.8, 4) is 5.75 Å². The Morgan fingerprint density at radius 2 is 2.36 bits per heavy atom. The van der Waals surface area contributed by atoms with E-state index in [-0.39, 0.29) is 18.6 Å². The molecule has 0 bridgehead atoms. The second-order valence-corrected chi connectivity index (χ2v) is 6.11. The first-order chi connectivity index (χ1) is 10.6. The molecule has 2 aromatic rings. The van der Waals surface area contributed by atoms with Crippen LogP contribution in [0.15, 0.2) is 35.0 Å². The van der Waals surface area contributed by atoms with E-state index in [4.69, 9.17) is 4.74 Å². The van der Waals surface area contributed by atoms with E-state index in [0.717, 1.165) is 22.4 Å². The number of hydrogen-bond acceptors (Lipinski definition) is 4. The van der Waals surface area contributed by atoms with Crippen molar-refractivity contribution in [3.05, 3.63) is 51.7 Å². The van der Waals surface area contributed by atoms with Crippen LogP contribution in [0.5, 0.6) is 5.75 Å². The lowest BCUT2D eigenvalue weighted by Gasteiger charge is -2.15. The van der Waals surface area contributed by atoms with Gasteiger partial charge in [-0.1, -0.05) is 17.7 Å². The van der Waals surface area contributed by atoms with Crippen molar-refractivity contribution in [3.63, 3.8) is 0 Å². The lowest BCUT2D eigenvalue weighted by Crippen LogP contribution is -2.40. The Morgan fingerprint density at radius 1 is 1.50 bits per heavy atom. The van der Waals surface area contributed by atoms with Gasteiger partial charge in [0.2, 0.25) is 0 Å². The number of hydrogen-bond donors (Lipinski definition) is 3. The maximum absolute atomic E-state index is 12.0. The first kappa shape index (κ1) is 14.9. The molecule has 2 amide bonds. The highest BCUT2D eigenvalue weighted by molar-refractivity contribution is 7.07. The van der Waals surface area contributed by atoms with Crippen molar-refractivity contribution in [2.75, 3.05) is 13.2 Å². The van der Waals surface area contributed by atoms with Crippen LogP contribution in [-0.2, 0) is 0 Å². The van der Waals surface area contributed by atoms with E-state index >= 15 is 0 Å². The quantitative estimate of drug-likeness (QED) is 0.811. The molecule has 0 radical (unpaired) electrons. The summed E-state index contributed by atoms with van der Waals surface area (Å²) in [7, 11) is 0. The van der Waals surface area contributed by atoms with Crippen LogP contribution in [-0.4, -0.2) is 24.3 Å². The molecule has 1 aromatic carbocycles. The van der Waals surface area contributed by atoms with Crippen molar-refractivity contribution >= 4 is 17.4 Å². The second-order valence-electron chi connectivity index (χ2n) is 5.33. The van der Waals surface area contributed by atoms with Crippen LogP contribution in [0.25, 0.3) is 0 Å². The summed E-state index contributed by atoms with van der Waals surface area (Å²) in [5.74, 6) is 0.814. The summed E-state index contributed by atoms with van der Waals surface area (Å²) < 4.78 is 5.56. The summed E-state index contributed by atoms with van der Waals surface area (Å²) in [6.07, 6.45) is -0.689. The van der Waals surface area contributed by atoms with E-state index in [1.807, 2.05) is 41.9 Å². The molecule has 2 unspecified atom stereocenters. The zero-order valence-electron chi connectivity index (χ0n) is 12.2. The van der Waals surface area contributed by atoms with E-state index in [2.05, 4.69) is 10.6 Å². The molecule has 22 heavy (non-hydrogen) atoms. The molecule has 0 saturated heterocycles. The Hall–Kier alpha value is -2.05. The molecule has 6 heteroatoms. The number of ether oxygens (including phenoxy) is 1. The summed E-state index contributed by atoms with van der Waals surface area (Å²) in [5.41, 5.74) is 2.94. The zero-order chi connectivity index (χ0) is 15.5. The molecule has 5 nitrogen and oxygen atoms in total. The summed E-state index contributed by atoms with van der Waals surface area (Å²) in [5, 5.41) is 19.3. The molecular weight excluding hydrogens is 300 g/mol. The van der Waals surface area contributed by atoms with E-state index in [1.165, 1.54) is 11.3 Å². The summed E-state index contributed by atoms with van der Waals surface area (Å²) in [6.45, 7) is 2.61. The highest BCUT2D eigenvalue weighted by atomic mass is 32.1. The Morgan fingerprint density at radius 3 is 3.14 bits per heavy atom. The molecule has 0 saturated carbocycles. The number of nitrogens with one attached hydrogen (secondary N) is 2. The van der Waals surface area contributed by atoms with Gasteiger partial charge >= 0.3 is 6.03 Å². The molecule has 1 aromatic heterocycles. The fraction of sp³-hybridized carbons (Fsp3) is 0.312. The summed E-state index contributed by atoms with van der Waals surface area (Å²) in [6, 6.07) is 7.31. The highest BCUT2D eigenvalue weighted by Crippen LogP contribution is 2.32. The Bertz CT molecular complexity index is 657. The van der Waals surface area contributed by atoms with Crippen LogP contribution >= 0.6 is 11.3 Å². The number of carbonyl (C=O) groups is 1. The van der Waals surface area contributed by atoms with Gasteiger partial charge in [0, 0.05) is 12.1 Å². The monoisotopic (exact) mass is 318 g/mol. The lowest BCUT2D eigenvalue weighted by atomic mass is 10.1. The number of rotatable bonds is 4. The van der Waals surface area contributed by atoms with Crippen LogP contribution in [0.2, 0.25) is 0 Å². The maximum atomic E-state index is 12.0. The molecule has 0 spiro atoms. The lowest BCUT2D eigenvalue weighted by molar-refractivity contribution is 0.172. The predicted molar refractivity (Wildman–Crippen MR) is 85.2 cm³/mol. The molecule has 116 valence electrons. The number of fused-ring (bicyclic) bond motifs is 1. The molecule has 1 aliphatic heterocycles. The van der Waals surface area contributed by atoms with Crippen LogP contribution in [0.1, 0.15) is 28.8 Å². The fourth-order valence-corrected chi connectivity index (χ4v) is 3.14. The smallest absolute Gasteiger partial charge is 0.315 e. The number of aryl methyl sites for hydroxylation is 1. The normalized spacial score (nSPS) is 17.5. The van der Waals surface area contributed by atoms with E-state index < -0.39 is 6.10 Å². The third kappa shape index (κ3) is 3.23. The largest absolute Gasteiger partial charge is 0.491 e. The average Bonchev–Trinajstić information content (AvgIpc) is 3.15. The molecular formula is C16H18N2O3S. The Balaban J connectivity index is 1.54. The van der Waals surface area contributed by atoms with Crippen molar-refractivity contribution in [2.45, 2.75) is 19.1 Å². The standard InChI is InChI=1S/C16H18N2O3S/c1-10-2-3-15-12(6-10)13(8-21-15)18-16(20)17-7-14(19)11-4-5-22-9-11/h2-6,9,13-14,19H,7-8H2,1H3,(H2,17,18,20). The van der Waals surface area contributed by atoms with Crippen molar-refractivity contribution < 1.29 is 14.6 Å². The molecule has 3 N–H and O–H groups in total. The van der Waals surface area contributed by atoms with Gasteiger partial charge in [0.1, 0.15) is 12.4 Å². The van der Waals surface area contributed by atoms with Gasteiger partial charge in [0.15, 0.2) is 0 Å². The van der Waals surface area contributed by atoms with Crippen molar-refractivity contribution in [1.82, 2.24) is 10.6 Å². The second kappa shape index (κ2) is 6.37. The minimum atomic E-state index is -0.689. The predicted octanol–water partition coefficient (Wildman–Crippen LogP) is 2.52. The van der Waals surface area contributed by atoms with Gasteiger partial charge in [0.25, 0.3) is 0 Å². The van der Waals surface area contributed by atoms with E-state index in [0.29, 0.717) is 6.61 Å². The van der Waals surface area contributed by atoms with Gasteiger partial charge in [-0.15, -0.1) is 0 Å². The van der Waals surface area contributed by atoms with Crippen LogP contribution < -0.4 is 15.4 Å². The minimum absolute atomic E-state index is 0.159. The first-order valence-electron chi connectivity index (χ1n) is 7.11. The van der Waals surface area contributed by atoms with E-state index in [9.17, 15) is 9.90 Å². The van der Waals surface area contributed by atoms with E-state index in [1.54, 1.807) is 0 Å². The number of thiophene rings is 1. The molecule has 1 aliphatic rings. The van der Waals surface area contributed by atoms with Gasteiger partial charge in [-0.25, -0.2) is 4.79 Å². The fourth-order valence-electron chi connectivity index (χ4n) is 2.44. The molecule has 0 aliphatic carbocycles. The number of amides is 2. The zero-order valence-corrected chi connectivity index (χ0v) is 13.0. The van der Waals surface area contributed by atoms with Crippen LogP contribution in [0.4, 0.5) is 4.79 Å². The van der Waals surface area contributed by atoms with Gasteiger partial charge in [-0.05, 0) is 35.4 Å². The molecule has 3 rings (SSSR count). The van der Waals surface area contributed by atoms with Crippen LogP contribution in [0.3, 0.4) is 0 Å². The SMILES string of the molecule is Cc1ccc2c(c1)C(NC(=O)NCC(O)c1ccsc1)CO2. The number of urea groups is 1. The average molecular weight is 318 g/mol. The van der Waals surface area contributed by atoms with Gasteiger partial charge in [0.05, 0.1) is 12.1 Å². The maximum Gasteiger partial charge on any atom is 0.315 e. The number of carbonyl (C=O) groups excluding carboxylic acids is 1. The van der Waals surface area contributed by atoms with Crippen molar-refractivity contribution in [1.29, 1.82) is 0 Å².